The molecule has 4 nitrogen and oxygen atoms in total. The van der Waals surface area contributed by atoms with E-state index < -0.39 is 0 Å². The standard InChI is InChI=1S/C17H30N2O2S/c1-17(2,3)9-15(20)19-12-22-11-14(19)16(21)18(4)10-13-7-5-6-8-13/h13-14H,5-12H2,1-4H3. The number of rotatable bonds is 4. The Hall–Kier alpha value is -0.710. The molecular weight excluding hydrogens is 296 g/mol. The molecule has 0 bridgehead atoms. The summed E-state index contributed by atoms with van der Waals surface area (Å²) in [6, 6.07) is -0.258. The van der Waals surface area contributed by atoms with E-state index in [0.717, 1.165) is 12.3 Å². The molecule has 22 heavy (non-hydrogen) atoms. The van der Waals surface area contributed by atoms with Crippen LogP contribution in [0.5, 0.6) is 0 Å². The van der Waals surface area contributed by atoms with Gasteiger partial charge in [0.2, 0.25) is 11.8 Å². The fourth-order valence-electron chi connectivity index (χ4n) is 3.37. The summed E-state index contributed by atoms with van der Waals surface area (Å²) in [5.74, 6) is 2.29. The summed E-state index contributed by atoms with van der Waals surface area (Å²) >= 11 is 1.69. The molecule has 1 aliphatic carbocycles. The van der Waals surface area contributed by atoms with Crippen molar-refractivity contribution in [1.29, 1.82) is 0 Å². The Balaban J connectivity index is 1.93. The van der Waals surface area contributed by atoms with Crippen LogP contribution in [0.4, 0.5) is 0 Å². The Morgan fingerprint density at radius 3 is 2.45 bits per heavy atom. The average Bonchev–Trinajstić information content (AvgIpc) is 3.06. The van der Waals surface area contributed by atoms with E-state index >= 15 is 0 Å². The fourth-order valence-corrected chi connectivity index (χ4v) is 4.54. The van der Waals surface area contributed by atoms with Gasteiger partial charge in [-0.2, -0.15) is 0 Å². The van der Waals surface area contributed by atoms with Crippen LogP contribution < -0.4 is 0 Å². The van der Waals surface area contributed by atoms with Gasteiger partial charge in [0.25, 0.3) is 0 Å². The average molecular weight is 327 g/mol. The molecule has 0 N–H and O–H groups in total. The van der Waals surface area contributed by atoms with Gasteiger partial charge in [-0.15, -0.1) is 11.8 Å². The van der Waals surface area contributed by atoms with Crippen molar-refractivity contribution >= 4 is 23.6 Å². The number of hydrogen-bond acceptors (Lipinski definition) is 3. The van der Waals surface area contributed by atoms with Crippen molar-refractivity contribution < 1.29 is 9.59 Å². The smallest absolute Gasteiger partial charge is 0.246 e. The highest BCUT2D eigenvalue weighted by atomic mass is 32.2. The first-order valence-corrected chi connectivity index (χ1v) is 9.55. The van der Waals surface area contributed by atoms with E-state index in [2.05, 4.69) is 20.8 Å². The summed E-state index contributed by atoms with van der Waals surface area (Å²) in [5.41, 5.74) is -0.0340. The lowest BCUT2D eigenvalue weighted by Crippen LogP contribution is -2.49. The molecule has 0 aromatic heterocycles. The van der Waals surface area contributed by atoms with Crippen molar-refractivity contribution in [3.05, 3.63) is 0 Å². The zero-order valence-electron chi connectivity index (χ0n) is 14.4. The van der Waals surface area contributed by atoms with Gasteiger partial charge in [-0.25, -0.2) is 0 Å². The highest BCUT2D eigenvalue weighted by Crippen LogP contribution is 2.29. The van der Waals surface area contributed by atoms with Crippen molar-refractivity contribution in [2.75, 3.05) is 25.2 Å². The van der Waals surface area contributed by atoms with E-state index in [0.29, 0.717) is 18.2 Å². The first kappa shape index (κ1) is 17.6. The van der Waals surface area contributed by atoms with Gasteiger partial charge in [-0.05, 0) is 24.2 Å². The third-order valence-electron chi connectivity index (χ3n) is 4.55. The Kier molecular flexibility index (Phi) is 5.81. The number of hydrogen-bond donors (Lipinski definition) is 0. The molecule has 2 fully saturated rings. The zero-order valence-corrected chi connectivity index (χ0v) is 15.2. The van der Waals surface area contributed by atoms with Crippen LogP contribution in [0, 0.1) is 11.3 Å². The SMILES string of the molecule is CN(CC1CCCC1)C(=O)C1CSCN1C(=O)CC(C)(C)C. The van der Waals surface area contributed by atoms with E-state index in [-0.39, 0.29) is 23.3 Å². The monoisotopic (exact) mass is 326 g/mol. The Morgan fingerprint density at radius 1 is 1.23 bits per heavy atom. The van der Waals surface area contributed by atoms with Crippen LogP contribution in [-0.2, 0) is 9.59 Å². The fraction of sp³-hybridized carbons (Fsp3) is 0.882. The maximum atomic E-state index is 12.7. The third-order valence-corrected chi connectivity index (χ3v) is 5.56. The highest BCUT2D eigenvalue weighted by molar-refractivity contribution is 7.99. The second-order valence-corrected chi connectivity index (χ2v) is 8.99. The lowest BCUT2D eigenvalue weighted by Gasteiger charge is -2.30. The molecule has 2 amide bonds. The minimum absolute atomic E-state index is 0.0340. The first-order valence-electron chi connectivity index (χ1n) is 8.40. The molecule has 1 heterocycles. The molecule has 1 saturated carbocycles. The van der Waals surface area contributed by atoms with E-state index in [9.17, 15) is 9.59 Å². The third kappa shape index (κ3) is 4.64. The number of likely N-dealkylation sites (N-methyl/N-ethyl adjacent to an activating group) is 1. The lowest BCUT2D eigenvalue weighted by atomic mass is 9.91. The molecule has 2 rings (SSSR count). The molecule has 0 radical (unpaired) electrons. The van der Waals surface area contributed by atoms with E-state index in [1.807, 2.05) is 11.9 Å². The molecule has 5 heteroatoms. The van der Waals surface area contributed by atoms with Crippen LogP contribution >= 0.6 is 11.8 Å². The van der Waals surface area contributed by atoms with Crippen molar-refractivity contribution in [2.45, 2.75) is 58.9 Å². The summed E-state index contributed by atoms with van der Waals surface area (Å²) in [4.78, 5) is 28.9. The van der Waals surface area contributed by atoms with Crippen LogP contribution in [0.3, 0.4) is 0 Å². The van der Waals surface area contributed by atoms with E-state index in [1.165, 1.54) is 25.7 Å². The molecule has 2 aliphatic rings. The Labute approximate surface area is 139 Å². The lowest BCUT2D eigenvalue weighted by molar-refractivity contribution is -0.143. The maximum absolute atomic E-state index is 12.7. The van der Waals surface area contributed by atoms with Crippen molar-refractivity contribution in [3.63, 3.8) is 0 Å². The summed E-state index contributed by atoms with van der Waals surface area (Å²) in [6.07, 6.45) is 5.57. The maximum Gasteiger partial charge on any atom is 0.246 e. The van der Waals surface area contributed by atoms with Crippen LogP contribution in [0.15, 0.2) is 0 Å². The molecule has 0 spiro atoms. The van der Waals surface area contributed by atoms with Gasteiger partial charge in [0, 0.05) is 25.8 Å². The van der Waals surface area contributed by atoms with E-state index in [1.54, 1.807) is 16.7 Å². The molecule has 1 saturated heterocycles. The number of carbonyl (C=O) groups is 2. The molecule has 1 aliphatic heterocycles. The summed E-state index contributed by atoms with van der Waals surface area (Å²) < 4.78 is 0. The van der Waals surface area contributed by atoms with Gasteiger partial charge in [0.15, 0.2) is 0 Å². The van der Waals surface area contributed by atoms with Crippen LogP contribution in [0.1, 0.15) is 52.9 Å². The molecule has 126 valence electrons. The molecule has 0 aromatic carbocycles. The number of amides is 2. The van der Waals surface area contributed by atoms with Crippen molar-refractivity contribution in [1.82, 2.24) is 9.80 Å². The topological polar surface area (TPSA) is 40.6 Å². The van der Waals surface area contributed by atoms with Gasteiger partial charge in [-0.1, -0.05) is 33.6 Å². The zero-order chi connectivity index (χ0) is 16.3. The van der Waals surface area contributed by atoms with Gasteiger partial charge < -0.3 is 9.80 Å². The quantitative estimate of drug-likeness (QED) is 0.797. The van der Waals surface area contributed by atoms with Crippen molar-refractivity contribution in [2.24, 2.45) is 11.3 Å². The predicted octanol–water partition coefficient (Wildman–Crippen LogP) is 2.97. The minimum Gasteiger partial charge on any atom is -0.344 e. The normalized spacial score (nSPS) is 23.1. The van der Waals surface area contributed by atoms with Crippen LogP contribution in [0.25, 0.3) is 0 Å². The highest BCUT2D eigenvalue weighted by Gasteiger charge is 2.37. The Bertz CT molecular complexity index is 413. The number of carbonyl (C=O) groups excluding carboxylic acids is 2. The van der Waals surface area contributed by atoms with Crippen LogP contribution in [0.2, 0.25) is 0 Å². The summed E-state index contributed by atoms with van der Waals surface area (Å²) in [7, 11) is 1.90. The van der Waals surface area contributed by atoms with Crippen LogP contribution in [-0.4, -0.2) is 52.9 Å². The summed E-state index contributed by atoms with van der Waals surface area (Å²) in [5, 5.41) is 0. The molecule has 1 unspecified atom stereocenters. The second kappa shape index (κ2) is 7.24. The second-order valence-electron chi connectivity index (χ2n) is 7.99. The van der Waals surface area contributed by atoms with Gasteiger partial charge >= 0.3 is 0 Å². The van der Waals surface area contributed by atoms with Crippen molar-refractivity contribution in [3.8, 4) is 0 Å². The summed E-state index contributed by atoms with van der Waals surface area (Å²) in [6.45, 7) is 7.05. The molecular formula is C17H30N2O2S. The number of nitrogens with zero attached hydrogens (tertiary/aromatic N) is 2. The van der Waals surface area contributed by atoms with Gasteiger partial charge in [0.1, 0.15) is 6.04 Å². The first-order chi connectivity index (χ1) is 10.3. The van der Waals surface area contributed by atoms with Gasteiger partial charge in [0.05, 0.1) is 5.88 Å². The molecule has 0 aromatic rings. The van der Waals surface area contributed by atoms with Gasteiger partial charge in [-0.3, -0.25) is 9.59 Å². The number of thioether (sulfide) groups is 1. The Morgan fingerprint density at radius 2 is 1.86 bits per heavy atom. The minimum atomic E-state index is -0.258. The molecule has 1 atom stereocenters. The predicted molar refractivity (Wildman–Crippen MR) is 91.6 cm³/mol. The van der Waals surface area contributed by atoms with E-state index in [4.69, 9.17) is 0 Å². The largest absolute Gasteiger partial charge is 0.344 e.